The monoisotopic (exact) mass is 410 g/mol. The van der Waals surface area contributed by atoms with Crippen molar-refractivity contribution in [1.29, 1.82) is 0 Å². The van der Waals surface area contributed by atoms with Crippen molar-refractivity contribution < 1.29 is 40.5 Å². The fourth-order valence-electron chi connectivity index (χ4n) is 2.24. The summed E-state index contributed by atoms with van der Waals surface area (Å²) in [6, 6.07) is 7.88. The lowest BCUT2D eigenvalue weighted by atomic mass is 10.0. The fraction of sp³-hybridized carbons (Fsp3) is 0.111. The summed E-state index contributed by atoms with van der Waals surface area (Å²) >= 11 is 0. The highest BCUT2D eigenvalue weighted by molar-refractivity contribution is 7.86. The van der Waals surface area contributed by atoms with Crippen molar-refractivity contribution >= 4 is 21.9 Å². The van der Waals surface area contributed by atoms with E-state index in [1.54, 1.807) is 0 Å². The number of hydrogen-bond donors (Lipinski definition) is 2. The number of benzene rings is 2. The molecule has 0 bridgehead atoms. The number of carboxylic acid groups (broad SMARTS) is 1. The number of Topliss-reactive ketones (excluding diaryl/α,β-unsaturated/α-hetero) is 1. The summed E-state index contributed by atoms with van der Waals surface area (Å²) in [4.78, 5) is 23.7. The predicted molar refractivity (Wildman–Crippen MR) is 93.6 cm³/mol. The summed E-state index contributed by atoms with van der Waals surface area (Å²) in [5.41, 5.74) is 1.56. The van der Waals surface area contributed by atoms with E-state index in [4.69, 9.17) is 19.7 Å². The van der Waals surface area contributed by atoms with E-state index in [2.05, 4.69) is 4.18 Å². The van der Waals surface area contributed by atoms with Gasteiger partial charge in [-0.25, -0.2) is 9.18 Å². The molecule has 0 fully saturated rings. The van der Waals surface area contributed by atoms with Gasteiger partial charge in [0.1, 0.15) is 11.5 Å². The van der Waals surface area contributed by atoms with E-state index in [0.29, 0.717) is 0 Å². The molecule has 28 heavy (non-hydrogen) atoms. The van der Waals surface area contributed by atoms with Gasteiger partial charge in [0, 0.05) is 5.56 Å². The third kappa shape index (κ3) is 4.12. The maximum Gasteiger partial charge on any atom is 0.335 e. The lowest BCUT2D eigenvalue weighted by Gasteiger charge is -2.10. The average molecular weight is 410 g/mol. The van der Waals surface area contributed by atoms with Crippen LogP contribution in [0.5, 0.6) is 0 Å². The van der Waals surface area contributed by atoms with E-state index < -0.39 is 56.7 Å². The number of halogens is 1. The average Bonchev–Trinajstić information content (AvgIpc) is 2.92. The Labute approximate surface area is 163 Å². The number of hydrogen-bond acceptors (Lipinski definition) is 7. The van der Waals surface area contributed by atoms with Crippen LogP contribution in [0.3, 0.4) is 0 Å². The molecular formula is C18H14FNO7S. The second-order valence-electron chi connectivity index (χ2n) is 5.48. The molecule has 2 aromatic rings. The molecule has 2 aromatic carbocycles. The van der Waals surface area contributed by atoms with E-state index >= 15 is 0 Å². The molecule has 8 nitrogen and oxygen atoms in total. The molecule has 0 radical (unpaired) electrons. The van der Waals surface area contributed by atoms with Crippen molar-refractivity contribution in [3.63, 3.8) is 0 Å². The Morgan fingerprint density at radius 3 is 2.43 bits per heavy atom. The zero-order valence-electron chi connectivity index (χ0n) is 16.9. The standard InChI is InChI=1S/C18H14FNO7S/c19-13-7-1-10(2-8-13)9-28(24,25)27-16-14(21)15(26-17(16)20)11-3-5-12(6-4-11)18(22)23/h1-8,15H,9,20H2,(H,22,23)/t15-/m1/s1/i9D2,15D. The number of carbonyl (C=O) groups is 2. The first-order valence-electron chi connectivity index (χ1n) is 9.07. The minimum atomic E-state index is -5.21. The lowest BCUT2D eigenvalue weighted by molar-refractivity contribution is -0.123. The van der Waals surface area contributed by atoms with Crippen molar-refractivity contribution in [2.75, 3.05) is 0 Å². The Bertz CT molecular complexity index is 1200. The lowest BCUT2D eigenvalue weighted by Crippen LogP contribution is -2.16. The van der Waals surface area contributed by atoms with Gasteiger partial charge in [0.15, 0.2) is 6.08 Å². The summed E-state index contributed by atoms with van der Waals surface area (Å²) in [5.74, 6) is -5.30. The van der Waals surface area contributed by atoms with E-state index in [1.807, 2.05) is 0 Å². The van der Waals surface area contributed by atoms with Crippen LogP contribution in [0.1, 0.15) is 31.7 Å². The van der Waals surface area contributed by atoms with Crippen molar-refractivity contribution in [2.45, 2.75) is 11.8 Å². The first-order valence-corrected chi connectivity index (χ1v) is 8.98. The molecule has 3 rings (SSSR count). The second-order valence-corrected chi connectivity index (χ2v) is 6.76. The maximum atomic E-state index is 13.1. The van der Waals surface area contributed by atoms with Crippen LogP contribution in [-0.2, 0) is 29.5 Å². The summed E-state index contributed by atoms with van der Waals surface area (Å²) in [7, 11) is -5.21. The number of carbonyl (C=O) groups excluding carboxylic acids is 1. The van der Waals surface area contributed by atoms with E-state index in [0.717, 1.165) is 48.5 Å². The van der Waals surface area contributed by atoms with Gasteiger partial charge >= 0.3 is 16.1 Å². The first-order chi connectivity index (χ1) is 14.3. The third-order valence-electron chi connectivity index (χ3n) is 3.52. The Kier molecular flexibility index (Phi) is 4.08. The van der Waals surface area contributed by atoms with Gasteiger partial charge < -0.3 is 19.8 Å². The maximum absolute atomic E-state index is 13.1. The van der Waals surface area contributed by atoms with Crippen LogP contribution in [0.4, 0.5) is 4.39 Å². The SMILES string of the molecule is [2H]C([2H])(c1ccc(F)cc1)S(=O)(=O)OC1=C(N)O[C@]([2H])(c2ccc(C(=O)O)cc2)C1=O. The van der Waals surface area contributed by atoms with E-state index in [9.17, 15) is 22.4 Å². The largest absolute Gasteiger partial charge is 0.478 e. The molecule has 146 valence electrons. The Balaban J connectivity index is 1.91. The van der Waals surface area contributed by atoms with E-state index in [1.165, 1.54) is 0 Å². The molecule has 0 unspecified atom stereocenters. The summed E-state index contributed by atoms with van der Waals surface area (Å²) in [6.07, 6.45) is -2.57. The molecular weight excluding hydrogens is 393 g/mol. The molecule has 1 heterocycles. The zero-order chi connectivity index (χ0) is 23.2. The highest BCUT2D eigenvalue weighted by Crippen LogP contribution is 2.32. The summed E-state index contributed by atoms with van der Waals surface area (Å²) < 4.78 is 71.8. The molecule has 0 spiro atoms. The van der Waals surface area contributed by atoms with Crippen LogP contribution < -0.4 is 5.73 Å². The van der Waals surface area contributed by atoms with Gasteiger partial charge in [-0.3, -0.25) is 4.79 Å². The molecule has 0 aliphatic carbocycles. The Morgan fingerprint density at radius 2 is 1.86 bits per heavy atom. The number of rotatable bonds is 6. The van der Waals surface area contributed by atoms with E-state index in [-0.39, 0.29) is 11.1 Å². The molecule has 1 atom stereocenters. The molecule has 0 aromatic heterocycles. The smallest absolute Gasteiger partial charge is 0.335 e. The normalized spacial score (nSPS) is 21.5. The first kappa shape index (κ1) is 15.6. The van der Waals surface area contributed by atoms with Crippen molar-refractivity contribution in [1.82, 2.24) is 0 Å². The highest BCUT2D eigenvalue weighted by Gasteiger charge is 2.39. The summed E-state index contributed by atoms with van der Waals surface area (Å²) in [5, 5.41) is 8.94. The summed E-state index contributed by atoms with van der Waals surface area (Å²) in [6.45, 7) is 0. The minimum absolute atomic E-state index is 0.134. The van der Waals surface area contributed by atoms with Gasteiger partial charge in [-0.1, -0.05) is 24.3 Å². The van der Waals surface area contributed by atoms with Crippen LogP contribution in [0, 0.1) is 5.82 Å². The zero-order valence-corrected chi connectivity index (χ0v) is 14.7. The number of ether oxygens (including phenoxy) is 1. The van der Waals surface area contributed by atoms with Crippen LogP contribution in [0.2, 0.25) is 0 Å². The topological polar surface area (TPSA) is 133 Å². The third-order valence-corrected chi connectivity index (χ3v) is 4.39. The molecule has 3 N–H and O–H groups in total. The molecule has 1 aliphatic heterocycles. The second kappa shape index (κ2) is 7.31. The van der Waals surface area contributed by atoms with Crippen molar-refractivity contribution in [3.05, 3.63) is 82.7 Å². The molecule has 0 saturated carbocycles. The van der Waals surface area contributed by atoms with Gasteiger partial charge in [-0.2, -0.15) is 8.42 Å². The van der Waals surface area contributed by atoms with Crippen LogP contribution in [0.25, 0.3) is 0 Å². The van der Waals surface area contributed by atoms with Crippen molar-refractivity contribution in [3.8, 4) is 0 Å². The number of ketones is 1. The van der Waals surface area contributed by atoms with Crippen LogP contribution >= 0.6 is 0 Å². The van der Waals surface area contributed by atoms with Gasteiger partial charge in [-0.15, -0.1) is 0 Å². The molecule has 0 amide bonds. The highest BCUT2D eigenvalue weighted by atomic mass is 32.2. The van der Waals surface area contributed by atoms with Crippen LogP contribution in [0.15, 0.2) is 60.2 Å². The fourth-order valence-corrected chi connectivity index (χ4v) is 3.09. The van der Waals surface area contributed by atoms with Crippen LogP contribution in [-0.4, -0.2) is 25.3 Å². The van der Waals surface area contributed by atoms with Gasteiger partial charge in [0.2, 0.25) is 17.4 Å². The number of aromatic carboxylic acids is 1. The van der Waals surface area contributed by atoms with Gasteiger partial charge in [0.05, 0.1) is 9.68 Å². The van der Waals surface area contributed by atoms with Gasteiger partial charge in [0.25, 0.3) is 0 Å². The number of carboxylic acids is 1. The Morgan fingerprint density at radius 1 is 1.25 bits per heavy atom. The minimum Gasteiger partial charge on any atom is -0.478 e. The van der Waals surface area contributed by atoms with Gasteiger partial charge in [-0.05, 0) is 29.8 Å². The predicted octanol–water partition coefficient (Wildman–Crippen LogP) is 1.84. The quantitative estimate of drug-likeness (QED) is 0.689. The Hall–Kier alpha value is -3.40. The molecule has 0 saturated heterocycles. The molecule has 10 heteroatoms. The van der Waals surface area contributed by atoms with Crippen molar-refractivity contribution in [2.24, 2.45) is 5.73 Å². The molecule has 1 aliphatic rings. The number of nitrogens with two attached hydrogens (primary N) is 1.